The number of hydrogen-bond donors (Lipinski definition) is 1. The van der Waals surface area contributed by atoms with Gasteiger partial charge in [-0.3, -0.25) is 0 Å². The fraction of sp³-hybridized carbons (Fsp3) is 0.889. The van der Waals surface area contributed by atoms with Gasteiger partial charge in [-0.1, -0.05) is 0 Å². The van der Waals surface area contributed by atoms with Gasteiger partial charge in [-0.2, -0.15) is 0 Å². The summed E-state index contributed by atoms with van der Waals surface area (Å²) in [6.45, 7) is 2.12. The van der Waals surface area contributed by atoms with Crippen LogP contribution in [0.15, 0.2) is 0 Å². The average molecular weight is 187 g/mol. The highest BCUT2D eigenvalue weighted by molar-refractivity contribution is 5.70. The first-order chi connectivity index (χ1) is 6.33. The topological polar surface area (TPSA) is 47.6 Å². The van der Waals surface area contributed by atoms with E-state index in [4.69, 9.17) is 4.74 Å². The maximum Gasteiger partial charge on any atom is 0.331 e. The lowest BCUT2D eigenvalue weighted by Gasteiger charge is -2.13. The van der Waals surface area contributed by atoms with Crippen molar-refractivity contribution in [2.45, 2.75) is 25.4 Å². The number of carbonyl (C=O) groups is 1. The Morgan fingerprint density at radius 3 is 3.08 bits per heavy atom. The Hall–Kier alpha value is -0.610. The van der Waals surface area contributed by atoms with Crippen molar-refractivity contribution in [3.63, 3.8) is 0 Å². The first-order valence-corrected chi connectivity index (χ1v) is 4.72. The second-order valence-corrected chi connectivity index (χ2v) is 3.19. The molecule has 1 aliphatic rings. The summed E-state index contributed by atoms with van der Waals surface area (Å²) in [7, 11) is 1.38. The quantitative estimate of drug-likeness (QED) is 0.646. The van der Waals surface area contributed by atoms with Gasteiger partial charge in [0.25, 0.3) is 0 Å². The smallest absolute Gasteiger partial charge is 0.331 e. The molecule has 0 bridgehead atoms. The van der Waals surface area contributed by atoms with E-state index in [1.807, 2.05) is 0 Å². The van der Waals surface area contributed by atoms with Crippen molar-refractivity contribution >= 4 is 5.97 Å². The van der Waals surface area contributed by atoms with Gasteiger partial charge in [-0.05, 0) is 32.4 Å². The lowest BCUT2D eigenvalue weighted by molar-refractivity contribution is -0.148. The number of methoxy groups -OCH3 is 1. The van der Waals surface area contributed by atoms with E-state index < -0.39 is 0 Å². The SMILES string of the molecule is COC(=O)COC1CCCNCC1. The molecule has 76 valence electrons. The lowest BCUT2D eigenvalue weighted by atomic mass is 10.2. The van der Waals surface area contributed by atoms with E-state index in [0.717, 1.165) is 32.4 Å². The normalized spacial score (nSPS) is 23.6. The number of nitrogens with one attached hydrogen (secondary N) is 1. The molecule has 4 nitrogen and oxygen atoms in total. The molecule has 1 rings (SSSR count). The summed E-state index contributed by atoms with van der Waals surface area (Å²) in [5, 5.41) is 3.28. The molecule has 0 saturated carbocycles. The number of ether oxygens (including phenoxy) is 2. The minimum absolute atomic E-state index is 0.0845. The molecule has 4 heteroatoms. The summed E-state index contributed by atoms with van der Waals surface area (Å²) in [6, 6.07) is 0. The second kappa shape index (κ2) is 5.94. The van der Waals surface area contributed by atoms with Gasteiger partial charge >= 0.3 is 5.97 Å². The first-order valence-electron chi connectivity index (χ1n) is 4.72. The monoisotopic (exact) mass is 187 g/mol. The Kier molecular flexibility index (Phi) is 4.78. The molecule has 1 unspecified atom stereocenters. The van der Waals surface area contributed by atoms with E-state index in [0.29, 0.717) is 0 Å². The van der Waals surface area contributed by atoms with Gasteiger partial charge in [0, 0.05) is 0 Å². The number of carbonyl (C=O) groups excluding carboxylic acids is 1. The predicted molar refractivity (Wildman–Crippen MR) is 48.5 cm³/mol. The summed E-state index contributed by atoms with van der Waals surface area (Å²) in [4.78, 5) is 10.8. The Morgan fingerprint density at radius 1 is 1.46 bits per heavy atom. The van der Waals surface area contributed by atoms with Crippen molar-refractivity contribution in [1.29, 1.82) is 0 Å². The third kappa shape index (κ3) is 4.24. The maximum atomic E-state index is 10.8. The zero-order valence-electron chi connectivity index (χ0n) is 8.04. The highest BCUT2D eigenvalue weighted by Gasteiger charge is 2.13. The van der Waals surface area contributed by atoms with Crippen molar-refractivity contribution in [3.8, 4) is 0 Å². The summed E-state index contributed by atoms with van der Waals surface area (Å²) < 4.78 is 9.89. The molecule has 1 N–H and O–H groups in total. The van der Waals surface area contributed by atoms with E-state index in [9.17, 15) is 4.79 Å². The summed E-state index contributed by atoms with van der Waals surface area (Å²) in [6.07, 6.45) is 3.35. The van der Waals surface area contributed by atoms with E-state index in [2.05, 4.69) is 10.1 Å². The number of esters is 1. The van der Waals surface area contributed by atoms with Crippen molar-refractivity contribution in [1.82, 2.24) is 5.32 Å². The predicted octanol–water partition coefficient (Wildman–Crippen LogP) is 0.318. The maximum absolute atomic E-state index is 10.8. The second-order valence-electron chi connectivity index (χ2n) is 3.19. The molecule has 0 spiro atoms. The van der Waals surface area contributed by atoms with Crippen LogP contribution >= 0.6 is 0 Å². The van der Waals surface area contributed by atoms with Crippen LogP contribution in [0.1, 0.15) is 19.3 Å². The van der Waals surface area contributed by atoms with Gasteiger partial charge < -0.3 is 14.8 Å². The van der Waals surface area contributed by atoms with Crippen molar-refractivity contribution in [2.24, 2.45) is 0 Å². The molecule has 1 atom stereocenters. The van der Waals surface area contributed by atoms with Crippen LogP contribution in [0.4, 0.5) is 0 Å². The summed E-state index contributed by atoms with van der Waals surface area (Å²) in [5.74, 6) is -0.294. The van der Waals surface area contributed by atoms with Crippen LogP contribution in [0.2, 0.25) is 0 Å². The van der Waals surface area contributed by atoms with Crippen LogP contribution < -0.4 is 5.32 Å². The zero-order valence-corrected chi connectivity index (χ0v) is 8.04. The molecule has 0 aliphatic carbocycles. The summed E-state index contributed by atoms with van der Waals surface area (Å²) in [5.41, 5.74) is 0. The molecule has 1 heterocycles. The van der Waals surface area contributed by atoms with Crippen LogP contribution in [-0.4, -0.2) is 38.9 Å². The highest BCUT2D eigenvalue weighted by Crippen LogP contribution is 2.08. The number of rotatable bonds is 3. The van der Waals surface area contributed by atoms with Crippen LogP contribution in [-0.2, 0) is 14.3 Å². The van der Waals surface area contributed by atoms with E-state index >= 15 is 0 Å². The van der Waals surface area contributed by atoms with Gasteiger partial charge in [0.05, 0.1) is 13.2 Å². The Balaban J connectivity index is 2.15. The van der Waals surface area contributed by atoms with Crippen molar-refractivity contribution in [2.75, 3.05) is 26.8 Å². The van der Waals surface area contributed by atoms with Crippen LogP contribution in [0.25, 0.3) is 0 Å². The molecular weight excluding hydrogens is 170 g/mol. The Bertz CT molecular complexity index is 153. The molecule has 0 aromatic carbocycles. The van der Waals surface area contributed by atoms with Gasteiger partial charge in [0.1, 0.15) is 6.61 Å². The standard InChI is InChI=1S/C9H17NO3/c1-12-9(11)7-13-8-3-2-5-10-6-4-8/h8,10H,2-7H2,1H3. The van der Waals surface area contributed by atoms with Crippen molar-refractivity contribution in [3.05, 3.63) is 0 Å². The van der Waals surface area contributed by atoms with E-state index in [-0.39, 0.29) is 18.7 Å². The van der Waals surface area contributed by atoms with Crippen LogP contribution in [0.3, 0.4) is 0 Å². The van der Waals surface area contributed by atoms with Crippen LogP contribution in [0.5, 0.6) is 0 Å². The highest BCUT2D eigenvalue weighted by atomic mass is 16.6. The first kappa shape index (κ1) is 10.5. The molecule has 0 aromatic heterocycles. The largest absolute Gasteiger partial charge is 0.467 e. The lowest BCUT2D eigenvalue weighted by Crippen LogP contribution is -2.20. The zero-order chi connectivity index (χ0) is 9.52. The van der Waals surface area contributed by atoms with Gasteiger partial charge in [0.2, 0.25) is 0 Å². The molecule has 0 amide bonds. The molecule has 1 saturated heterocycles. The molecule has 0 aromatic rings. The third-order valence-corrected chi connectivity index (χ3v) is 2.19. The fourth-order valence-electron chi connectivity index (χ4n) is 1.40. The number of hydrogen-bond acceptors (Lipinski definition) is 4. The summed E-state index contributed by atoms with van der Waals surface area (Å²) >= 11 is 0. The van der Waals surface area contributed by atoms with Crippen molar-refractivity contribution < 1.29 is 14.3 Å². The molecule has 1 aliphatic heterocycles. The Morgan fingerprint density at radius 2 is 2.31 bits per heavy atom. The van der Waals surface area contributed by atoms with E-state index in [1.54, 1.807) is 0 Å². The van der Waals surface area contributed by atoms with Crippen LogP contribution in [0, 0.1) is 0 Å². The van der Waals surface area contributed by atoms with E-state index in [1.165, 1.54) is 7.11 Å². The van der Waals surface area contributed by atoms with Gasteiger partial charge in [0.15, 0.2) is 0 Å². The van der Waals surface area contributed by atoms with Gasteiger partial charge in [-0.25, -0.2) is 4.79 Å². The van der Waals surface area contributed by atoms with Gasteiger partial charge in [-0.15, -0.1) is 0 Å². The minimum atomic E-state index is -0.294. The fourth-order valence-corrected chi connectivity index (χ4v) is 1.40. The third-order valence-electron chi connectivity index (χ3n) is 2.19. The average Bonchev–Trinajstić information content (AvgIpc) is 2.42. The minimum Gasteiger partial charge on any atom is -0.467 e. The molecular formula is C9H17NO3. The molecule has 13 heavy (non-hydrogen) atoms. The Labute approximate surface area is 78.6 Å². The molecule has 0 radical (unpaired) electrons. The molecule has 1 fully saturated rings.